The minimum absolute atomic E-state index is 0.0223. The second kappa shape index (κ2) is 7.94. The molecule has 0 radical (unpaired) electrons. The maximum Gasteiger partial charge on any atom is 0.244 e. The van der Waals surface area contributed by atoms with Crippen molar-refractivity contribution in [2.45, 2.75) is 32.2 Å². The molecule has 1 aliphatic rings. The molecule has 2 amide bonds. The molecule has 1 N–H and O–H groups in total. The number of nitrogens with one attached hydrogen (secondary N) is 1. The van der Waals surface area contributed by atoms with Crippen molar-refractivity contribution in [2.75, 3.05) is 33.7 Å². The van der Waals surface area contributed by atoms with E-state index in [1.807, 2.05) is 23.9 Å². The van der Waals surface area contributed by atoms with Crippen LogP contribution in [0.4, 0.5) is 0 Å². The van der Waals surface area contributed by atoms with Gasteiger partial charge in [0.1, 0.15) is 6.04 Å². The fourth-order valence-corrected chi connectivity index (χ4v) is 2.08. The van der Waals surface area contributed by atoms with Crippen LogP contribution in [0, 0.1) is 0 Å². The van der Waals surface area contributed by atoms with E-state index in [0.717, 1.165) is 25.9 Å². The summed E-state index contributed by atoms with van der Waals surface area (Å²) in [5.74, 6) is -0.186. The molecule has 1 rings (SSSR count). The van der Waals surface area contributed by atoms with Crippen molar-refractivity contribution in [3.63, 3.8) is 0 Å². The zero-order chi connectivity index (χ0) is 14.3. The van der Waals surface area contributed by atoms with Gasteiger partial charge in [-0.15, -0.1) is 0 Å². The van der Waals surface area contributed by atoms with Crippen molar-refractivity contribution >= 4 is 11.8 Å². The van der Waals surface area contributed by atoms with Gasteiger partial charge in [0, 0.05) is 25.7 Å². The number of piperidine rings is 1. The summed E-state index contributed by atoms with van der Waals surface area (Å²) in [6, 6.07) is -0.449. The topological polar surface area (TPSA) is 52.7 Å². The zero-order valence-corrected chi connectivity index (χ0v) is 12.2. The molecule has 19 heavy (non-hydrogen) atoms. The normalized spacial score (nSPS) is 17.8. The third-order valence-corrected chi connectivity index (χ3v) is 3.14. The lowest BCUT2D eigenvalue weighted by molar-refractivity contribution is -0.135. The Labute approximate surface area is 115 Å². The summed E-state index contributed by atoms with van der Waals surface area (Å²) in [6.07, 6.45) is 6.59. The molecule has 1 saturated heterocycles. The van der Waals surface area contributed by atoms with Gasteiger partial charge in [0.2, 0.25) is 11.8 Å². The molecular formula is C14H25N3O2. The molecule has 0 aliphatic carbocycles. The monoisotopic (exact) mass is 267 g/mol. The van der Waals surface area contributed by atoms with E-state index < -0.39 is 6.04 Å². The molecule has 0 aromatic rings. The van der Waals surface area contributed by atoms with E-state index in [-0.39, 0.29) is 11.8 Å². The number of rotatable bonds is 5. The first kappa shape index (κ1) is 15.7. The summed E-state index contributed by atoms with van der Waals surface area (Å²) in [6.45, 7) is 4.08. The average molecular weight is 267 g/mol. The molecule has 5 heteroatoms. The molecule has 1 aliphatic heterocycles. The van der Waals surface area contributed by atoms with Gasteiger partial charge in [-0.25, -0.2) is 0 Å². The first-order chi connectivity index (χ1) is 9.00. The number of nitrogens with zero attached hydrogens (tertiary/aromatic N) is 2. The second-order valence-corrected chi connectivity index (χ2v) is 5.28. The highest BCUT2D eigenvalue weighted by atomic mass is 16.2. The maximum atomic E-state index is 12.1. The lowest BCUT2D eigenvalue weighted by Gasteiger charge is -2.29. The Morgan fingerprint density at radius 2 is 1.89 bits per heavy atom. The summed E-state index contributed by atoms with van der Waals surface area (Å²) in [5.41, 5.74) is 0. The average Bonchev–Trinajstić information content (AvgIpc) is 2.38. The van der Waals surface area contributed by atoms with Crippen LogP contribution in [0.15, 0.2) is 12.2 Å². The molecule has 0 saturated carbocycles. The summed E-state index contributed by atoms with van der Waals surface area (Å²) in [4.78, 5) is 27.5. The van der Waals surface area contributed by atoms with E-state index >= 15 is 0 Å². The number of amides is 2. The molecule has 1 atom stereocenters. The van der Waals surface area contributed by atoms with Crippen LogP contribution in [0.25, 0.3) is 0 Å². The second-order valence-electron chi connectivity index (χ2n) is 5.28. The number of hydrogen-bond acceptors (Lipinski definition) is 3. The molecule has 0 spiro atoms. The first-order valence-corrected chi connectivity index (χ1v) is 6.91. The minimum Gasteiger partial charge on any atom is -0.341 e. The van der Waals surface area contributed by atoms with Crippen LogP contribution in [-0.4, -0.2) is 61.4 Å². The van der Waals surface area contributed by atoms with E-state index in [2.05, 4.69) is 5.32 Å². The van der Waals surface area contributed by atoms with Gasteiger partial charge in [0.05, 0.1) is 0 Å². The summed E-state index contributed by atoms with van der Waals surface area (Å²) in [7, 11) is 3.87. The number of carbonyl (C=O) groups excluding carboxylic acids is 2. The lowest BCUT2D eigenvalue weighted by atomic mass is 10.1. The highest BCUT2D eigenvalue weighted by molar-refractivity contribution is 5.92. The minimum atomic E-state index is -0.449. The van der Waals surface area contributed by atoms with Crippen LogP contribution in [0.1, 0.15) is 26.2 Å². The smallest absolute Gasteiger partial charge is 0.244 e. The van der Waals surface area contributed by atoms with E-state index in [1.165, 1.54) is 12.5 Å². The predicted octanol–water partition coefficient (Wildman–Crippen LogP) is 0.621. The van der Waals surface area contributed by atoms with Gasteiger partial charge in [-0.05, 0) is 40.3 Å². The van der Waals surface area contributed by atoms with E-state index in [4.69, 9.17) is 0 Å². The van der Waals surface area contributed by atoms with Crippen molar-refractivity contribution < 1.29 is 9.59 Å². The van der Waals surface area contributed by atoms with E-state index in [1.54, 1.807) is 13.0 Å². The van der Waals surface area contributed by atoms with Crippen LogP contribution in [0.5, 0.6) is 0 Å². The molecule has 1 fully saturated rings. The lowest BCUT2D eigenvalue weighted by Crippen LogP contribution is -2.48. The Kier molecular flexibility index (Phi) is 6.56. The number of likely N-dealkylation sites (N-methyl/N-ethyl adjacent to an activating group) is 1. The van der Waals surface area contributed by atoms with Gasteiger partial charge >= 0.3 is 0 Å². The predicted molar refractivity (Wildman–Crippen MR) is 75.7 cm³/mol. The summed E-state index contributed by atoms with van der Waals surface area (Å²) in [5, 5.41) is 2.72. The Bertz CT molecular complexity index is 334. The van der Waals surface area contributed by atoms with Gasteiger partial charge < -0.3 is 15.1 Å². The highest BCUT2D eigenvalue weighted by Crippen LogP contribution is 2.09. The fraction of sp³-hybridized carbons (Fsp3) is 0.714. The third-order valence-electron chi connectivity index (χ3n) is 3.14. The Hall–Kier alpha value is -1.36. The van der Waals surface area contributed by atoms with E-state index in [9.17, 15) is 9.59 Å². The van der Waals surface area contributed by atoms with Crippen LogP contribution in [0.3, 0.4) is 0 Å². The molecule has 108 valence electrons. The number of carbonyl (C=O) groups is 2. The molecule has 0 aromatic carbocycles. The molecule has 0 bridgehead atoms. The van der Waals surface area contributed by atoms with Crippen molar-refractivity contribution in [3.8, 4) is 0 Å². The van der Waals surface area contributed by atoms with Crippen LogP contribution in [-0.2, 0) is 9.59 Å². The van der Waals surface area contributed by atoms with Crippen LogP contribution >= 0.6 is 0 Å². The van der Waals surface area contributed by atoms with Gasteiger partial charge in [-0.3, -0.25) is 9.59 Å². The molecule has 0 aromatic heterocycles. The van der Waals surface area contributed by atoms with Crippen LogP contribution < -0.4 is 5.32 Å². The first-order valence-electron chi connectivity index (χ1n) is 6.91. The number of likely N-dealkylation sites (tertiary alicyclic amines) is 1. The van der Waals surface area contributed by atoms with Crippen molar-refractivity contribution in [1.29, 1.82) is 0 Å². The summed E-state index contributed by atoms with van der Waals surface area (Å²) < 4.78 is 0. The number of hydrogen-bond donors (Lipinski definition) is 1. The molecular weight excluding hydrogens is 242 g/mol. The van der Waals surface area contributed by atoms with Crippen molar-refractivity contribution in [2.24, 2.45) is 0 Å². The molecule has 0 unspecified atom stereocenters. The quantitative estimate of drug-likeness (QED) is 0.743. The third kappa shape index (κ3) is 5.87. The zero-order valence-electron chi connectivity index (χ0n) is 12.2. The molecule has 1 heterocycles. The molecule has 5 nitrogen and oxygen atoms in total. The Balaban J connectivity index is 2.36. The van der Waals surface area contributed by atoms with Gasteiger partial charge in [-0.1, -0.05) is 6.08 Å². The van der Waals surface area contributed by atoms with Gasteiger partial charge in [-0.2, -0.15) is 0 Å². The summed E-state index contributed by atoms with van der Waals surface area (Å²) >= 11 is 0. The van der Waals surface area contributed by atoms with Gasteiger partial charge in [0.25, 0.3) is 0 Å². The maximum absolute atomic E-state index is 12.1. The largest absolute Gasteiger partial charge is 0.341 e. The standard InChI is InChI=1S/C14H25N3O2/c1-12(14(19)17-10-5-4-6-11-17)15-13(18)8-7-9-16(2)3/h7-8,12H,4-6,9-11H2,1-3H3,(H,15,18)/b8-7+/t12-/m0/s1. The van der Waals surface area contributed by atoms with Gasteiger partial charge in [0.15, 0.2) is 0 Å². The fourth-order valence-electron chi connectivity index (χ4n) is 2.08. The van der Waals surface area contributed by atoms with Crippen molar-refractivity contribution in [1.82, 2.24) is 15.1 Å². The highest BCUT2D eigenvalue weighted by Gasteiger charge is 2.22. The van der Waals surface area contributed by atoms with Crippen molar-refractivity contribution in [3.05, 3.63) is 12.2 Å². The van der Waals surface area contributed by atoms with E-state index in [0.29, 0.717) is 6.54 Å². The van der Waals surface area contributed by atoms with Crippen LogP contribution in [0.2, 0.25) is 0 Å². The SMILES string of the molecule is C[C@H](NC(=O)/C=C/CN(C)C)C(=O)N1CCCCC1. The Morgan fingerprint density at radius 1 is 1.26 bits per heavy atom. The Morgan fingerprint density at radius 3 is 2.47 bits per heavy atom.